The quantitative estimate of drug-likeness (QED) is 0.469. The van der Waals surface area contributed by atoms with Crippen LogP contribution in [0.25, 0.3) is 0 Å². The number of nitrogens with zero attached hydrogens (tertiary/aromatic N) is 3. The molecule has 3 rings (SSSR count). The highest BCUT2D eigenvalue weighted by Gasteiger charge is 2.33. The second kappa shape index (κ2) is 8.25. The molecule has 0 bridgehead atoms. The number of hydrogen-bond acceptors (Lipinski definition) is 6. The van der Waals surface area contributed by atoms with Crippen molar-refractivity contribution in [3.8, 4) is 5.97 Å². The summed E-state index contributed by atoms with van der Waals surface area (Å²) in [6.45, 7) is 1.50. The third-order valence-electron chi connectivity index (χ3n) is 5.43. The van der Waals surface area contributed by atoms with Gasteiger partial charge in [-0.25, -0.2) is 5.26 Å². The predicted octanol–water partition coefficient (Wildman–Crippen LogP) is 0.754. The van der Waals surface area contributed by atoms with Gasteiger partial charge >= 0.3 is 0 Å². The first-order chi connectivity index (χ1) is 13.4. The van der Waals surface area contributed by atoms with Crippen LogP contribution in [-0.2, 0) is 9.59 Å². The lowest BCUT2D eigenvalue weighted by molar-refractivity contribution is -0.136. The van der Waals surface area contributed by atoms with Crippen LogP contribution in [0.4, 0.5) is 5.69 Å². The van der Waals surface area contributed by atoms with Gasteiger partial charge in [0.2, 0.25) is 11.8 Å². The molecule has 0 saturated carbocycles. The maximum Gasteiger partial charge on any atom is 0.271 e. The first-order valence-electron chi connectivity index (χ1n) is 9.29. The maximum atomic E-state index is 12.9. The fourth-order valence-corrected chi connectivity index (χ4v) is 3.69. The molecule has 1 N–H and O–H groups in total. The van der Waals surface area contributed by atoms with Gasteiger partial charge in [-0.05, 0) is 37.3 Å². The van der Waals surface area contributed by atoms with E-state index in [1.807, 2.05) is 0 Å². The number of carbonyl (C=O) groups excluding carboxylic acids is 4. The average molecular weight is 380 g/mol. The third kappa shape index (κ3) is 3.91. The predicted molar refractivity (Wildman–Crippen MR) is 103 cm³/mol. The minimum absolute atomic E-state index is 0.0600. The molecule has 1 aromatic carbocycles. The van der Waals surface area contributed by atoms with Crippen molar-refractivity contribution in [1.29, 1.82) is 5.26 Å². The van der Waals surface area contributed by atoms with E-state index in [9.17, 15) is 19.2 Å². The number of carbonyl (C=O) groups is 4. The molecule has 2 aliphatic rings. The molecule has 1 aromatic rings. The van der Waals surface area contributed by atoms with Crippen molar-refractivity contribution < 1.29 is 19.2 Å². The number of amides is 3. The van der Waals surface area contributed by atoms with Gasteiger partial charge in [0.1, 0.15) is 6.04 Å². The van der Waals surface area contributed by atoms with Gasteiger partial charge in [-0.3, -0.25) is 24.5 Å². The molecule has 28 heavy (non-hydrogen) atoms. The van der Waals surface area contributed by atoms with Gasteiger partial charge in [0, 0.05) is 43.8 Å². The maximum absolute atomic E-state index is 12.9. The largest absolute Gasteiger partial charge is 0.373 e. The summed E-state index contributed by atoms with van der Waals surface area (Å²) in [4.78, 5) is 51.2. The lowest BCUT2D eigenvalue weighted by Crippen LogP contribution is -2.53. The van der Waals surface area contributed by atoms with Crippen molar-refractivity contribution in [3.05, 3.63) is 29.3 Å². The molecule has 0 aliphatic carbocycles. The Morgan fingerprint density at radius 1 is 1.36 bits per heavy atom. The number of nitrogens with one attached hydrogen (secondary N) is 1. The third-order valence-corrected chi connectivity index (χ3v) is 5.43. The van der Waals surface area contributed by atoms with E-state index < -0.39 is 17.9 Å². The molecule has 2 saturated heterocycles. The van der Waals surface area contributed by atoms with Crippen molar-refractivity contribution in [2.75, 3.05) is 25.0 Å². The van der Waals surface area contributed by atoms with Gasteiger partial charge < -0.3 is 9.80 Å². The Bertz CT molecular complexity index is 858. The number of piperidine rings is 1. The average Bonchev–Trinajstić information content (AvgIpc) is 2.72. The summed E-state index contributed by atoms with van der Waals surface area (Å²) in [5, 5.41) is 11.3. The molecule has 0 aromatic heterocycles. The summed E-state index contributed by atoms with van der Waals surface area (Å²) < 4.78 is 0. The molecule has 2 fully saturated rings. The van der Waals surface area contributed by atoms with Gasteiger partial charge in [0.15, 0.2) is 6.29 Å². The number of anilines is 1. The van der Waals surface area contributed by atoms with Crippen LogP contribution >= 0.6 is 0 Å². The van der Waals surface area contributed by atoms with Crippen LogP contribution in [0.2, 0.25) is 12.6 Å². The van der Waals surface area contributed by atoms with E-state index in [1.165, 1.54) is 11.9 Å². The Balaban J connectivity index is 1.77. The molecule has 0 spiro atoms. The monoisotopic (exact) mass is 380 g/mol. The summed E-state index contributed by atoms with van der Waals surface area (Å²) in [5.41, 5.74) is 1.31. The molecule has 2 heterocycles. The van der Waals surface area contributed by atoms with Crippen LogP contribution in [-0.4, -0.2) is 61.8 Å². The highest BCUT2D eigenvalue weighted by atomic mass is 16.2. The second-order valence-electron chi connectivity index (χ2n) is 7.16. The van der Waals surface area contributed by atoms with Crippen LogP contribution < -0.4 is 10.2 Å². The number of likely N-dealkylation sites (N-methyl/N-ethyl adjacent to an activating group) is 1. The topological polar surface area (TPSA) is 111 Å². The molecule has 1 atom stereocenters. The zero-order valence-electron chi connectivity index (χ0n) is 15.7. The lowest BCUT2D eigenvalue weighted by Gasteiger charge is -2.31. The molecular formula is C19H21BN4O4. The normalized spacial score (nSPS) is 19.6. The van der Waals surface area contributed by atoms with Crippen molar-refractivity contribution in [2.45, 2.75) is 31.5 Å². The molecule has 3 amide bonds. The van der Waals surface area contributed by atoms with Crippen molar-refractivity contribution in [2.24, 2.45) is 0 Å². The summed E-state index contributed by atoms with van der Waals surface area (Å²) >= 11 is 0. The van der Waals surface area contributed by atoms with Crippen LogP contribution in [0.15, 0.2) is 18.2 Å². The Morgan fingerprint density at radius 2 is 2.07 bits per heavy atom. The molecule has 0 radical (unpaired) electrons. The van der Waals surface area contributed by atoms with Crippen molar-refractivity contribution in [1.82, 2.24) is 10.2 Å². The Kier molecular flexibility index (Phi) is 5.78. The standard InChI is InChI=1S/C19H21BN4O4/c1-23(16-4-5-17(26)22-18(16)27)19(28)15-3-2-14(10-13(15)11-25)24-8-6-20(12-21)7-9-24/h2-3,10-11,16H,4-9H2,1H3,(H,22,26,27). The summed E-state index contributed by atoms with van der Waals surface area (Å²) in [7, 11) is 1.50. The van der Waals surface area contributed by atoms with E-state index in [1.54, 1.807) is 18.2 Å². The van der Waals surface area contributed by atoms with E-state index in [4.69, 9.17) is 5.26 Å². The highest BCUT2D eigenvalue weighted by molar-refractivity contribution is 6.67. The SMILES string of the molecule is CN(C(=O)c1ccc(N2CCB(C#N)CC2)cc1C=O)C1CCC(=O)NC1=O. The van der Waals surface area contributed by atoms with Crippen molar-refractivity contribution in [3.63, 3.8) is 0 Å². The van der Waals surface area contributed by atoms with E-state index in [0.29, 0.717) is 6.29 Å². The Morgan fingerprint density at radius 3 is 2.68 bits per heavy atom. The number of benzene rings is 1. The Labute approximate surface area is 163 Å². The van der Waals surface area contributed by atoms with E-state index in [-0.39, 0.29) is 36.6 Å². The smallest absolute Gasteiger partial charge is 0.271 e. The molecule has 2 aliphatic heterocycles. The number of rotatable bonds is 4. The lowest BCUT2D eigenvalue weighted by atomic mass is 9.45. The van der Waals surface area contributed by atoms with E-state index >= 15 is 0 Å². The van der Waals surface area contributed by atoms with Gasteiger partial charge in [0.25, 0.3) is 12.6 Å². The summed E-state index contributed by atoms with van der Waals surface area (Å²) in [6.07, 6.45) is 2.61. The number of nitriles is 1. The molecule has 9 heteroatoms. The first-order valence-corrected chi connectivity index (χ1v) is 9.29. The minimum atomic E-state index is -0.741. The van der Waals surface area contributed by atoms with Crippen LogP contribution in [0.5, 0.6) is 0 Å². The zero-order valence-corrected chi connectivity index (χ0v) is 15.7. The fraction of sp³-hybridized carbons (Fsp3) is 0.421. The van der Waals surface area contributed by atoms with Crippen LogP contribution in [0.3, 0.4) is 0 Å². The molecular weight excluding hydrogens is 359 g/mol. The molecule has 8 nitrogen and oxygen atoms in total. The number of imide groups is 1. The fourth-order valence-electron chi connectivity index (χ4n) is 3.69. The van der Waals surface area contributed by atoms with E-state index in [2.05, 4.69) is 16.2 Å². The first kappa shape index (κ1) is 19.6. The van der Waals surface area contributed by atoms with Crippen LogP contribution in [0, 0.1) is 11.2 Å². The number of aldehydes is 1. The Hall–Kier alpha value is -3.15. The highest BCUT2D eigenvalue weighted by Crippen LogP contribution is 2.24. The van der Waals surface area contributed by atoms with Crippen molar-refractivity contribution >= 4 is 36.4 Å². The number of hydrogen-bond donors (Lipinski definition) is 1. The van der Waals surface area contributed by atoms with Gasteiger partial charge in [-0.15, -0.1) is 0 Å². The molecule has 144 valence electrons. The molecule has 1 unspecified atom stereocenters. The van der Waals surface area contributed by atoms with Gasteiger partial charge in [-0.2, -0.15) is 0 Å². The summed E-state index contributed by atoms with van der Waals surface area (Å²) in [6, 6.07) is 4.31. The second-order valence-corrected chi connectivity index (χ2v) is 7.16. The van der Waals surface area contributed by atoms with E-state index in [0.717, 1.165) is 31.4 Å². The zero-order chi connectivity index (χ0) is 20.3. The van der Waals surface area contributed by atoms with Crippen LogP contribution in [0.1, 0.15) is 33.6 Å². The van der Waals surface area contributed by atoms with Gasteiger partial charge in [-0.1, -0.05) is 0 Å². The summed E-state index contributed by atoms with van der Waals surface area (Å²) in [5.74, 6) is 0.997. The minimum Gasteiger partial charge on any atom is -0.373 e. The van der Waals surface area contributed by atoms with Gasteiger partial charge in [0.05, 0.1) is 5.56 Å².